The molecule has 1 N–H and O–H groups in total. The number of nitrogens with one attached hydrogen (secondary N) is 1. The summed E-state index contributed by atoms with van der Waals surface area (Å²) in [4.78, 5) is 37.0. The van der Waals surface area contributed by atoms with Crippen LogP contribution in [0.5, 0.6) is 0 Å². The molecular weight excluding hydrogens is 390 g/mol. The van der Waals surface area contributed by atoms with Crippen molar-refractivity contribution in [3.8, 4) is 0 Å². The number of carbonyl (C=O) groups is 2. The molecule has 1 aromatic rings. The molecule has 1 aliphatic carbocycles. The Labute approximate surface area is 154 Å². The fourth-order valence-electron chi connectivity index (χ4n) is 3.61. The molecule has 0 spiro atoms. The van der Waals surface area contributed by atoms with Gasteiger partial charge in [0.1, 0.15) is 0 Å². The van der Waals surface area contributed by atoms with E-state index in [1.54, 1.807) is 0 Å². The lowest BCUT2D eigenvalue weighted by Gasteiger charge is -2.31. The molecule has 1 saturated heterocycles. The largest absolute Gasteiger partial charge is 0.339 e. The Morgan fingerprint density at radius 3 is 2.64 bits per heavy atom. The van der Waals surface area contributed by atoms with Crippen LogP contribution in [0.15, 0.2) is 22.7 Å². The second-order valence-corrected chi connectivity index (χ2v) is 7.50. The molecule has 1 aliphatic heterocycles. The van der Waals surface area contributed by atoms with Crippen LogP contribution in [-0.2, 0) is 9.59 Å². The van der Waals surface area contributed by atoms with E-state index < -0.39 is 4.92 Å². The molecule has 1 saturated carbocycles. The Morgan fingerprint density at radius 2 is 2.00 bits per heavy atom. The van der Waals surface area contributed by atoms with Crippen molar-refractivity contribution < 1.29 is 14.5 Å². The van der Waals surface area contributed by atoms with Crippen LogP contribution in [0.1, 0.15) is 38.5 Å². The van der Waals surface area contributed by atoms with Gasteiger partial charge in [-0.3, -0.25) is 19.7 Å². The number of likely N-dealkylation sites (tertiary alicyclic amines) is 1. The molecular formula is C17H20BrN3O4. The molecule has 0 bridgehead atoms. The fourth-order valence-corrected chi connectivity index (χ4v) is 4.07. The van der Waals surface area contributed by atoms with E-state index in [9.17, 15) is 19.7 Å². The van der Waals surface area contributed by atoms with Crippen molar-refractivity contribution in [1.82, 2.24) is 4.90 Å². The summed E-state index contributed by atoms with van der Waals surface area (Å²) in [7, 11) is 0. The highest BCUT2D eigenvalue weighted by Crippen LogP contribution is 2.31. The fraction of sp³-hybridized carbons (Fsp3) is 0.529. The molecule has 1 heterocycles. The molecule has 2 amide bonds. The summed E-state index contributed by atoms with van der Waals surface area (Å²) in [6.45, 7) is 0.458. The van der Waals surface area contributed by atoms with Crippen LogP contribution in [0.25, 0.3) is 0 Å². The van der Waals surface area contributed by atoms with Gasteiger partial charge in [-0.05, 0) is 34.8 Å². The molecule has 25 heavy (non-hydrogen) atoms. The number of nitro benzene ring substituents is 1. The van der Waals surface area contributed by atoms with Crippen LogP contribution < -0.4 is 5.32 Å². The minimum Gasteiger partial charge on any atom is -0.339 e. The number of halogens is 1. The van der Waals surface area contributed by atoms with Crippen molar-refractivity contribution in [2.75, 3.05) is 11.9 Å². The standard InChI is InChI=1S/C17H20BrN3O4/c18-14-9-13(21(24)25)6-7-15(14)19-17(23)11-8-16(22)20(10-11)12-4-2-1-3-5-12/h6-7,9,11-12H,1-5,8,10H2,(H,19,23)/t11-/m0/s1. The third kappa shape index (κ3) is 4.00. The van der Waals surface area contributed by atoms with E-state index in [-0.39, 0.29) is 35.9 Å². The van der Waals surface area contributed by atoms with E-state index in [2.05, 4.69) is 21.2 Å². The number of nitrogens with zero attached hydrogens (tertiary/aromatic N) is 2. The summed E-state index contributed by atoms with van der Waals surface area (Å²) in [5.74, 6) is -0.549. The molecule has 0 aromatic heterocycles. The smallest absolute Gasteiger partial charge is 0.270 e. The zero-order valence-corrected chi connectivity index (χ0v) is 15.3. The molecule has 134 valence electrons. The number of amides is 2. The Kier molecular flexibility index (Phi) is 5.36. The first-order valence-corrected chi connectivity index (χ1v) is 9.29. The van der Waals surface area contributed by atoms with Gasteiger partial charge in [0.15, 0.2) is 0 Å². The van der Waals surface area contributed by atoms with Gasteiger partial charge in [-0.25, -0.2) is 0 Å². The van der Waals surface area contributed by atoms with Gasteiger partial charge in [-0.1, -0.05) is 19.3 Å². The van der Waals surface area contributed by atoms with Crippen LogP contribution in [-0.4, -0.2) is 34.2 Å². The lowest BCUT2D eigenvalue weighted by Crippen LogP contribution is -2.38. The van der Waals surface area contributed by atoms with Gasteiger partial charge in [-0.15, -0.1) is 0 Å². The van der Waals surface area contributed by atoms with Gasteiger partial charge in [0, 0.05) is 35.6 Å². The maximum Gasteiger partial charge on any atom is 0.270 e. The van der Waals surface area contributed by atoms with Crippen molar-refractivity contribution >= 4 is 39.1 Å². The predicted octanol–water partition coefficient (Wildman–Crippen LogP) is 3.48. The third-order valence-corrected chi connectivity index (χ3v) is 5.62. The predicted molar refractivity (Wildman–Crippen MR) is 96.1 cm³/mol. The Hall–Kier alpha value is -1.96. The molecule has 8 heteroatoms. The molecule has 0 unspecified atom stereocenters. The molecule has 1 aromatic carbocycles. The maximum atomic E-state index is 12.5. The Bertz CT molecular complexity index is 703. The molecule has 7 nitrogen and oxygen atoms in total. The lowest BCUT2D eigenvalue weighted by atomic mass is 9.94. The highest BCUT2D eigenvalue weighted by molar-refractivity contribution is 9.10. The zero-order chi connectivity index (χ0) is 18.0. The number of benzene rings is 1. The summed E-state index contributed by atoms with van der Waals surface area (Å²) >= 11 is 3.24. The number of anilines is 1. The minimum absolute atomic E-state index is 0.0508. The van der Waals surface area contributed by atoms with E-state index in [1.807, 2.05) is 4.90 Å². The van der Waals surface area contributed by atoms with Gasteiger partial charge < -0.3 is 10.2 Å². The highest BCUT2D eigenvalue weighted by atomic mass is 79.9. The number of non-ortho nitro benzene ring substituents is 1. The van der Waals surface area contributed by atoms with Gasteiger partial charge in [0.25, 0.3) is 5.69 Å². The maximum absolute atomic E-state index is 12.5. The Morgan fingerprint density at radius 1 is 1.28 bits per heavy atom. The summed E-state index contributed by atoms with van der Waals surface area (Å²) < 4.78 is 0.448. The van der Waals surface area contributed by atoms with Crippen LogP contribution in [0, 0.1) is 16.0 Å². The van der Waals surface area contributed by atoms with Gasteiger partial charge in [0.2, 0.25) is 11.8 Å². The molecule has 2 fully saturated rings. The van der Waals surface area contributed by atoms with E-state index in [1.165, 1.54) is 24.6 Å². The normalized spacial score (nSPS) is 21.4. The van der Waals surface area contributed by atoms with Crippen LogP contribution in [0.2, 0.25) is 0 Å². The number of rotatable bonds is 4. The van der Waals surface area contributed by atoms with Crippen LogP contribution in [0.3, 0.4) is 0 Å². The van der Waals surface area contributed by atoms with Crippen molar-refractivity contribution in [2.45, 2.75) is 44.6 Å². The van der Waals surface area contributed by atoms with Gasteiger partial charge in [-0.2, -0.15) is 0 Å². The van der Waals surface area contributed by atoms with E-state index in [0.717, 1.165) is 25.7 Å². The van der Waals surface area contributed by atoms with Crippen molar-refractivity contribution in [3.05, 3.63) is 32.8 Å². The van der Waals surface area contributed by atoms with E-state index in [0.29, 0.717) is 16.7 Å². The highest BCUT2D eigenvalue weighted by Gasteiger charge is 2.38. The van der Waals surface area contributed by atoms with Crippen molar-refractivity contribution in [2.24, 2.45) is 5.92 Å². The second kappa shape index (κ2) is 7.51. The first kappa shape index (κ1) is 17.8. The average molecular weight is 410 g/mol. The SMILES string of the molecule is O=C(Nc1ccc([N+](=O)[O-])cc1Br)[C@H]1CC(=O)N(C2CCCCC2)C1. The average Bonchev–Trinajstić information content (AvgIpc) is 2.99. The Balaban J connectivity index is 1.64. The number of carbonyl (C=O) groups excluding carboxylic acids is 2. The summed E-state index contributed by atoms with van der Waals surface area (Å²) in [5, 5.41) is 13.5. The van der Waals surface area contributed by atoms with E-state index >= 15 is 0 Å². The van der Waals surface area contributed by atoms with E-state index in [4.69, 9.17) is 0 Å². The zero-order valence-electron chi connectivity index (χ0n) is 13.7. The third-order valence-electron chi connectivity index (χ3n) is 4.97. The summed E-state index contributed by atoms with van der Waals surface area (Å²) in [6, 6.07) is 4.46. The van der Waals surface area contributed by atoms with Crippen molar-refractivity contribution in [1.29, 1.82) is 0 Å². The first-order chi connectivity index (χ1) is 12.0. The quantitative estimate of drug-likeness (QED) is 0.608. The number of hydrogen-bond donors (Lipinski definition) is 1. The molecule has 1 atom stereocenters. The van der Waals surface area contributed by atoms with Gasteiger partial charge >= 0.3 is 0 Å². The second-order valence-electron chi connectivity index (χ2n) is 6.65. The summed E-state index contributed by atoms with van der Waals surface area (Å²) in [5.41, 5.74) is 0.420. The number of nitro groups is 1. The minimum atomic E-state index is -0.492. The summed E-state index contributed by atoms with van der Waals surface area (Å²) in [6.07, 6.45) is 5.77. The monoisotopic (exact) mass is 409 g/mol. The molecule has 3 rings (SSSR count). The number of hydrogen-bond acceptors (Lipinski definition) is 4. The van der Waals surface area contributed by atoms with Gasteiger partial charge in [0.05, 0.1) is 16.5 Å². The lowest BCUT2D eigenvalue weighted by molar-refractivity contribution is -0.384. The molecule has 2 aliphatic rings. The van der Waals surface area contributed by atoms with Crippen LogP contribution >= 0.6 is 15.9 Å². The topological polar surface area (TPSA) is 92.5 Å². The van der Waals surface area contributed by atoms with Crippen molar-refractivity contribution in [3.63, 3.8) is 0 Å². The first-order valence-electron chi connectivity index (χ1n) is 8.50. The molecule has 0 radical (unpaired) electrons. The van der Waals surface area contributed by atoms with Crippen LogP contribution in [0.4, 0.5) is 11.4 Å².